The first-order valence-electron chi connectivity index (χ1n) is 7.64. The maximum Gasteiger partial charge on any atom is 0.227 e. The zero-order valence-corrected chi connectivity index (χ0v) is 14.4. The van der Waals surface area contributed by atoms with Crippen molar-refractivity contribution in [3.8, 4) is 0 Å². The number of amides is 1. The molecule has 1 fully saturated rings. The Morgan fingerprint density at radius 2 is 2.09 bits per heavy atom. The molecule has 2 atom stereocenters. The van der Waals surface area contributed by atoms with E-state index in [0.717, 1.165) is 10.6 Å². The lowest BCUT2D eigenvalue weighted by atomic mass is 9.86. The van der Waals surface area contributed by atoms with Gasteiger partial charge in [0.15, 0.2) is 5.11 Å². The highest BCUT2D eigenvalue weighted by Gasteiger charge is 2.21. The predicted molar refractivity (Wildman–Crippen MR) is 97.1 cm³/mol. The third kappa shape index (κ3) is 5.18. The molecule has 6 heteroatoms. The van der Waals surface area contributed by atoms with Gasteiger partial charge in [0.2, 0.25) is 5.91 Å². The maximum absolute atomic E-state index is 10.9. The number of hydrogen-bond donors (Lipinski definition) is 3. The van der Waals surface area contributed by atoms with E-state index in [4.69, 9.17) is 18.0 Å². The molecule has 1 amide bonds. The number of carbonyl (C=O) groups is 1. The van der Waals surface area contributed by atoms with Crippen LogP contribution >= 0.6 is 24.0 Å². The molecular weight excluding hydrogens is 314 g/mol. The lowest BCUT2D eigenvalue weighted by molar-refractivity contribution is -0.115. The zero-order chi connectivity index (χ0) is 15.9. The molecule has 1 saturated carbocycles. The van der Waals surface area contributed by atoms with E-state index in [2.05, 4.69) is 17.6 Å². The van der Waals surface area contributed by atoms with Crippen molar-refractivity contribution in [2.45, 2.75) is 43.5 Å². The molecule has 0 saturated heterocycles. The van der Waals surface area contributed by atoms with Crippen molar-refractivity contribution in [2.24, 2.45) is 11.7 Å². The molecule has 0 aliphatic heterocycles. The van der Waals surface area contributed by atoms with Crippen LogP contribution in [0.2, 0.25) is 0 Å². The zero-order valence-electron chi connectivity index (χ0n) is 12.8. The number of para-hydroxylation sites is 1. The predicted octanol–water partition coefficient (Wildman–Crippen LogP) is 3.13. The third-order valence-corrected chi connectivity index (χ3v) is 5.25. The Morgan fingerprint density at radius 1 is 1.36 bits per heavy atom. The second-order valence-electron chi connectivity index (χ2n) is 5.72. The molecule has 1 aliphatic carbocycles. The first kappa shape index (κ1) is 17.1. The Hall–Kier alpha value is -1.27. The molecule has 0 spiro atoms. The van der Waals surface area contributed by atoms with Gasteiger partial charge in [0, 0.05) is 10.9 Å². The first-order chi connectivity index (χ1) is 10.6. The highest BCUT2D eigenvalue weighted by Crippen LogP contribution is 2.27. The molecule has 22 heavy (non-hydrogen) atoms. The normalized spacial score (nSPS) is 21.1. The van der Waals surface area contributed by atoms with E-state index in [1.54, 1.807) is 0 Å². The van der Waals surface area contributed by atoms with E-state index in [9.17, 15) is 4.79 Å². The van der Waals surface area contributed by atoms with Crippen LogP contribution in [0.4, 0.5) is 5.69 Å². The molecule has 1 aliphatic rings. The van der Waals surface area contributed by atoms with Gasteiger partial charge in [-0.2, -0.15) is 0 Å². The van der Waals surface area contributed by atoms with Gasteiger partial charge in [-0.25, -0.2) is 0 Å². The Labute approximate surface area is 141 Å². The van der Waals surface area contributed by atoms with Gasteiger partial charge in [-0.15, -0.1) is 11.8 Å². The summed E-state index contributed by atoms with van der Waals surface area (Å²) < 4.78 is 0. The molecule has 1 aromatic rings. The fraction of sp³-hybridized carbons (Fsp3) is 0.500. The molecule has 2 rings (SSSR count). The van der Waals surface area contributed by atoms with Crippen molar-refractivity contribution in [1.29, 1.82) is 0 Å². The summed E-state index contributed by atoms with van der Waals surface area (Å²) in [5.41, 5.74) is 6.12. The lowest BCUT2D eigenvalue weighted by Crippen LogP contribution is -2.43. The highest BCUT2D eigenvalue weighted by atomic mass is 32.2. The van der Waals surface area contributed by atoms with Crippen LogP contribution < -0.4 is 16.4 Å². The van der Waals surface area contributed by atoms with Gasteiger partial charge in [0.1, 0.15) is 0 Å². The van der Waals surface area contributed by atoms with E-state index >= 15 is 0 Å². The largest absolute Gasteiger partial charge is 0.369 e. The molecule has 4 nitrogen and oxygen atoms in total. The number of thiocarbonyl (C=S) groups is 1. The van der Waals surface area contributed by atoms with Crippen molar-refractivity contribution < 1.29 is 4.79 Å². The van der Waals surface area contributed by atoms with Crippen LogP contribution in [0.3, 0.4) is 0 Å². The van der Waals surface area contributed by atoms with E-state index < -0.39 is 0 Å². The summed E-state index contributed by atoms with van der Waals surface area (Å²) in [6, 6.07) is 8.25. The average Bonchev–Trinajstić information content (AvgIpc) is 2.48. The molecule has 0 bridgehead atoms. The minimum absolute atomic E-state index is 0.262. The fourth-order valence-electron chi connectivity index (χ4n) is 2.70. The van der Waals surface area contributed by atoms with Crippen LogP contribution in [-0.4, -0.2) is 22.8 Å². The molecule has 0 heterocycles. The van der Waals surface area contributed by atoms with Crippen molar-refractivity contribution in [1.82, 2.24) is 5.32 Å². The van der Waals surface area contributed by atoms with Gasteiger partial charge >= 0.3 is 0 Å². The molecule has 0 radical (unpaired) electrons. The number of anilines is 1. The van der Waals surface area contributed by atoms with Crippen LogP contribution in [0.1, 0.15) is 32.6 Å². The van der Waals surface area contributed by atoms with E-state index in [1.165, 1.54) is 37.4 Å². The topological polar surface area (TPSA) is 67.2 Å². The highest BCUT2D eigenvalue weighted by molar-refractivity contribution is 8.00. The maximum atomic E-state index is 10.9. The van der Waals surface area contributed by atoms with Crippen LogP contribution in [0.15, 0.2) is 29.2 Å². The summed E-state index contributed by atoms with van der Waals surface area (Å²) in [5.74, 6) is 0.586. The number of benzene rings is 1. The smallest absolute Gasteiger partial charge is 0.227 e. The number of nitrogens with one attached hydrogen (secondary N) is 2. The van der Waals surface area contributed by atoms with Gasteiger partial charge in [-0.1, -0.05) is 31.9 Å². The van der Waals surface area contributed by atoms with Crippen molar-refractivity contribution in [3.63, 3.8) is 0 Å². The van der Waals surface area contributed by atoms with E-state index in [0.29, 0.717) is 17.1 Å². The summed E-state index contributed by atoms with van der Waals surface area (Å²) in [5, 5.41) is 7.32. The minimum atomic E-state index is -0.323. The summed E-state index contributed by atoms with van der Waals surface area (Å²) in [4.78, 5) is 11.9. The van der Waals surface area contributed by atoms with E-state index in [-0.39, 0.29) is 11.7 Å². The Bertz CT molecular complexity index is 536. The Kier molecular flexibility index (Phi) is 6.51. The lowest BCUT2D eigenvalue weighted by Gasteiger charge is -2.30. The summed E-state index contributed by atoms with van der Waals surface area (Å²) in [7, 11) is 0. The molecule has 0 aromatic heterocycles. The number of carbonyl (C=O) groups excluding carboxylic acids is 1. The molecule has 4 N–H and O–H groups in total. The molecule has 0 unspecified atom stereocenters. The fourth-order valence-corrected chi connectivity index (χ4v) is 3.71. The molecule has 120 valence electrons. The monoisotopic (exact) mass is 337 g/mol. The van der Waals surface area contributed by atoms with Crippen LogP contribution in [0.25, 0.3) is 0 Å². The standard InChI is InChI=1S/C16H23N3OS2/c1-11-6-2-3-7-12(11)18-16(21)19-13-8-4-5-9-14(13)22-10-15(17)20/h4-5,8-9,11-12H,2-3,6-7,10H2,1H3,(H2,17,20)(H2,18,19,21)/t11-,12-/m1/s1. The van der Waals surface area contributed by atoms with E-state index in [1.807, 2.05) is 24.3 Å². The second-order valence-corrected chi connectivity index (χ2v) is 7.14. The van der Waals surface area contributed by atoms with Crippen molar-refractivity contribution in [3.05, 3.63) is 24.3 Å². The Morgan fingerprint density at radius 3 is 2.82 bits per heavy atom. The number of rotatable bonds is 5. The van der Waals surface area contributed by atoms with Gasteiger partial charge in [0.25, 0.3) is 0 Å². The minimum Gasteiger partial charge on any atom is -0.369 e. The summed E-state index contributed by atoms with van der Waals surface area (Å²) >= 11 is 6.86. The average molecular weight is 338 g/mol. The number of nitrogens with two attached hydrogens (primary N) is 1. The quantitative estimate of drug-likeness (QED) is 0.569. The Balaban J connectivity index is 1.94. The van der Waals surface area contributed by atoms with Crippen LogP contribution in [-0.2, 0) is 4.79 Å². The number of hydrogen-bond acceptors (Lipinski definition) is 3. The van der Waals surface area contributed by atoms with Gasteiger partial charge < -0.3 is 16.4 Å². The first-order valence-corrected chi connectivity index (χ1v) is 9.03. The molecule has 1 aromatic carbocycles. The third-order valence-electron chi connectivity index (χ3n) is 3.93. The van der Waals surface area contributed by atoms with Gasteiger partial charge in [-0.3, -0.25) is 4.79 Å². The second kappa shape index (κ2) is 8.39. The summed E-state index contributed by atoms with van der Waals surface area (Å²) in [6.07, 6.45) is 4.99. The summed E-state index contributed by atoms with van der Waals surface area (Å²) in [6.45, 7) is 2.27. The number of thioether (sulfide) groups is 1. The van der Waals surface area contributed by atoms with Crippen LogP contribution in [0.5, 0.6) is 0 Å². The number of primary amides is 1. The van der Waals surface area contributed by atoms with Crippen molar-refractivity contribution in [2.75, 3.05) is 11.1 Å². The molecular formula is C16H23N3OS2. The van der Waals surface area contributed by atoms with Gasteiger partial charge in [0.05, 0.1) is 11.4 Å². The van der Waals surface area contributed by atoms with Crippen molar-refractivity contribution >= 4 is 40.7 Å². The van der Waals surface area contributed by atoms with Gasteiger partial charge in [-0.05, 0) is 43.1 Å². The SMILES string of the molecule is C[C@@H]1CCCC[C@H]1NC(=S)Nc1ccccc1SCC(N)=O. The van der Waals surface area contributed by atoms with Crippen LogP contribution in [0, 0.1) is 5.92 Å².